The lowest BCUT2D eigenvalue weighted by atomic mass is 10.2. The third-order valence-corrected chi connectivity index (χ3v) is 8.08. The Morgan fingerprint density at radius 3 is 2.61 bits per heavy atom. The van der Waals surface area contributed by atoms with Gasteiger partial charge in [-0.05, 0) is 24.1 Å². The maximum atomic E-state index is 13.2. The van der Waals surface area contributed by atoms with E-state index in [1.54, 1.807) is 18.2 Å². The van der Waals surface area contributed by atoms with Crippen LogP contribution in [0.3, 0.4) is 0 Å². The van der Waals surface area contributed by atoms with E-state index in [0.29, 0.717) is 30.2 Å². The maximum Gasteiger partial charge on any atom is 0.247 e. The van der Waals surface area contributed by atoms with Gasteiger partial charge in [-0.3, -0.25) is 4.79 Å². The molecule has 2 atom stereocenters. The summed E-state index contributed by atoms with van der Waals surface area (Å²) in [5.41, 5.74) is 1.32. The molecular weight excluding hydrogens is 380 g/mol. The van der Waals surface area contributed by atoms with Gasteiger partial charge in [0.25, 0.3) is 0 Å². The highest BCUT2D eigenvalue weighted by molar-refractivity contribution is 7.92. The van der Waals surface area contributed by atoms with E-state index in [2.05, 4.69) is 5.32 Å². The standard InChI is InChI=1S/C20H22N2O5S/c1-26-16-8-9-17(18(10-16)27-2)21-19(23)20-11-15(20)13-22(28(20,24)25)12-14-6-4-3-5-7-14/h3-10,15H,11-13H2,1-2H3,(H,21,23)/t15-,20-/m0/s1. The van der Waals surface area contributed by atoms with Gasteiger partial charge >= 0.3 is 0 Å². The van der Waals surface area contributed by atoms with Gasteiger partial charge in [-0.2, -0.15) is 4.31 Å². The first-order valence-corrected chi connectivity index (χ1v) is 10.4. The summed E-state index contributed by atoms with van der Waals surface area (Å²) in [5, 5.41) is 2.75. The first-order valence-electron chi connectivity index (χ1n) is 8.99. The highest BCUT2D eigenvalue weighted by Gasteiger charge is 2.75. The van der Waals surface area contributed by atoms with Gasteiger partial charge in [-0.15, -0.1) is 0 Å². The van der Waals surface area contributed by atoms with Crippen LogP contribution in [0.1, 0.15) is 12.0 Å². The normalized spacial score (nSPS) is 25.0. The highest BCUT2D eigenvalue weighted by atomic mass is 32.2. The van der Waals surface area contributed by atoms with E-state index in [-0.39, 0.29) is 12.5 Å². The van der Waals surface area contributed by atoms with Crippen molar-refractivity contribution in [2.75, 3.05) is 26.1 Å². The summed E-state index contributed by atoms with van der Waals surface area (Å²) in [4.78, 5) is 13.0. The van der Waals surface area contributed by atoms with E-state index in [4.69, 9.17) is 9.47 Å². The molecule has 1 N–H and O–H groups in total. The zero-order valence-corrected chi connectivity index (χ0v) is 16.5. The minimum absolute atomic E-state index is 0.189. The molecule has 0 aromatic heterocycles. The number of fused-ring (bicyclic) bond motifs is 1. The van der Waals surface area contributed by atoms with E-state index >= 15 is 0 Å². The largest absolute Gasteiger partial charge is 0.497 e. The van der Waals surface area contributed by atoms with E-state index in [1.807, 2.05) is 30.3 Å². The fourth-order valence-electron chi connectivity index (χ4n) is 3.87. The predicted octanol–water partition coefficient (Wildman–Crippen LogP) is 2.25. The molecule has 1 aliphatic carbocycles. The minimum Gasteiger partial charge on any atom is -0.497 e. The first kappa shape index (κ1) is 18.8. The van der Waals surface area contributed by atoms with E-state index in [9.17, 15) is 13.2 Å². The Bertz CT molecular complexity index is 1010. The molecule has 0 radical (unpaired) electrons. The third kappa shape index (κ3) is 2.84. The Balaban J connectivity index is 1.56. The molecule has 1 saturated heterocycles. The van der Waals surface area contributed by atoms with Gasteiger partial charge in [-0.1, -0.05) is 30.3 Å². The number of methoxy groups -OCH3 is 2. The van der Waals surface area contributed by atoms with Crippen LogP contribution in [0, 0.1) is 5.92 Å². The lowest BCUT2D eigenvalue weighted by Gasteiger charge is -2.21. The molecule has 1 saturated carbocycles. The monoisotopic (exact) mass is 402 g/mol. The van der Waals surface area contributed by atoms with Gasteiger partial charge < -0.3 is 14.8 Å². The van der Waals surface area contributed by atoms with Gasteiger partial charge in [-0.25, -0.2) is 8.42 Å². The van der Waals surface area contributed by atoms with Crippen molar-refractivity contribution in [3.8, 4) is 11.5 Å². The van der Waals surface area contributed by atoms with Crippen molar-refractivity contribution in [1.82, 2.24) is 4.31 Å². The number of nitrogens with zero attached hydrogens (tertiary/aromatic N) is 1. The summed E-state index contributed by atoms with van der Waals surface area (Å²) >= 11 is 0. The Morgan fingerprint density at radius 2 is 1.93 bits per heavy atom. The number of carbonyl (C=O) groups is 1. The van der Waals surface area contributed by atoms with E-state index in [0.717, 1.165) is 5.56 Å². The molecular formula is C20H22N2O5S. The van der Waals surface area contributed by atoms with Crippen LogP contribution in [0.25, 0.3) is 0 Å². The number of nitrogens with one attached hydrogen (secondary N) is 1. The Morgan fingerprint density at radius 1 is 1.18 bits per heavy atom. The quantitative estimate of drug-likeness (QED) is 0.801. The first-order chi connectivity index (χ1) is 13.4. The smallest absolute Gasteiger partial charge is 0.247 e. The van der Waals surface area contributed by atoms with Crippen LogP contribution < -0.4 is 14.8 Å². The Hall–Kier alpha value is -2.58. The zero-order valence-electron chi connectivity index (χ0n) is 15.7. The molecule has 1 amide bonds. The third-order valence-electron chi connectivity index (χ3n) is 5.52. The van der Waals surface area contributed by atoms with Gasteiger partial charge in [0.1, 0.15) is 11.5 Å². The van der Waals surface area contributed by atoms with Crippen LogP contribution in [-0.2, 0) is 21.4 Å². The number of ether oxygens (including phenoxy) is 2. The van der Waals surface area contributed by atoms with Gasteiger partial charge in [0, 0.05) is 25.1 Å². The molecule has 2 aromatic carbocycles. The fourth-order valence-corrected chi connectivity index (χ4v) is 6.22. The molecule has 28 heavy (non-hydrogen) atoms. The summed E-state index contributed by atoms with van der Waals surface area (Å²) in [6.45, 7) is 0.644. The van der Waals surface area contributed by atoms with Crippen molar-refractivity contribution >= 4 is 21.6 Å². The number of amides is 1. The number of hydrogen-bond acceptors (Lipinski definition) is 5. The van der Waals surface area contributed by atoms with Crippen LogP contribution in [0.5, 0.6) is 11.5 Å². The summed E-state index contributed by atoms with van der Waals surface area (Å²) in [5.74, 6) is 0.305. The number of benzene rings is 2. The molecule has 1 heterocycles. The van der Waals surface area contributed by atoms with Crippen molar-refractivity contribution in [2.24, 2.45) is 5.92 Å². The number of sulfonamides is 1. The van der Waals surface area contributed by atoms with Crippen molar-refractivity contribution in [2.45, 2.75) is 17.7 Å². The van der Waals surface area contributed by atoms with Gasteiger partial charge in [0.05, 0.1) is 19.9 Å². The summed E-state index contributed by atoms with van der Waals surface area (Å²) in [6, 6.07) is 14.4. The molecule has 7 nitrogen and oxygen atoms in total. The minimum atomic E-state index is -3.75. The molecule has 0 spiro atoms. The number of hydrogen-bond donors (Lipinski definition) is 1. The lowest BCUT2D eigenvalue weighted by molar-refractivity contribution is -0.116. The maximum absolute atomic E-state index is 13.2. The molecule has 8 heteroatoms. The van der Waals surface area contributed by atoms with Crippen LogP contribution in [0.2, 0.25) is 0 Å². The molecule has 1 aliphatic heterocycles. The highest BCUT2D eigenvalue weighted by Crippen LogP contribution is 2.58. The SMILES string of the molecule is COc1ccc(NC(=O)[C@]23C[C@H]2CN(Cc2ccccc2)S3(=O)=O)c(OC)c1. The second-order valence-corrected chi connectivity index (χ2v) is 9.29. The van der Waals surface area contributed by atoms with Crippen LogP contribution >= 0.6 is 0 Å². The van der Waals surface area contributed by atoms with Crippen LogP contribution in [-0.4, -0.2) is 44.1 Å². The predicted molar refractivity (Wildman–Crippen MR) is 105 cm³/mol. The second-order valence-electron chi connectivity index (χ2n) is 7.09. The molecule has 2 aromatic rings. The summed E-state index contributed by atoms with van der Waals surface area (Å²) in [7, 11) is -0.730. The fraction of sp³-hybridized carbons (Fsp3) is 0.350. The van der Waals surface area contributed by atoms with E-state index in [1.165, 1.54) is 18.5 Å². The van der Waals surface area contributed by atoms with Crippen molar-refractivity contribution in [3.63, 3.8) is 0 Å². The van der Waals surface area contributed by atoms with Crippen molar-refractivity contribution < 1.29 is 22.7 Å². The molecule has 148 valence electrons. The second kappa shape index (κ2) is 6.79. The summed E-state index contributed by atoms with van der Waals surface area (Å²) in [6.07, 6.45) is 0.352. The Labute approximate surface area is 164 Å². The topological polar surface area (TPSA) is 84.9 Å². The van der Waals surface area contributed by atoms with Crippen LogP contribution in [0.15, 0.2) is 48.5 Å². The average Bonchev–Trinajstić information content (AvgIpc) is 3.39. The molecule has 4 rings (SSSR count). The van der Waals surface area contributed by atoms with Gasteiger partial charge in [0.15, 0.2) is 4.75 Å². The molecule has 0 bridgehead atoms. The molecule has 2 fully saturated rings. The zero-order chi connectivity index (χ0) is 19.9. The number of rotatable bonds is 6. The van der Waals surface area contributed by atoms with Gasteiger partial charge in [0.2, 0.25) is 15.9 Å². The Kier molecular flexibility index (Phi) is 4.55. The average molecular weight is 402 g/mol. The molecule has 2 aliphatic rings. The number of anilines is 1. The van der Waals surface area contributed by atoms with Crippen LogP contribution in [0.4, 0.5) is 5.69 Å². The van der Waals surface area contributed by atoms with E-state index < -0.39 is 20.7 Å². The number of carbonyl (C=O) groups excluding carboxylic acids is 1. The molecule has 0 unspecified atom stereocenters. The lowest BCUT2D eigenvalue weighted by Crippen LogP contribution is -2.42. The van der Waals surface area contributed by atoms with Crippen molar-refractivity contribution in [3.05, 3.63) is 54.1 Å². The van der Waals surface area contributed by atoms with Crippen molar-refractivity contribution in [1.29, 1.82) is 0 Å². The summed E-state index contributed by atoms with van der Waals surface area (Å²) < 4.78 is 36.8.